The van der Waals surface area contributed by atoms with E-state index in [1.807, 2.05) is 4.90 Å². The van der Waals surface area contributed by atoms with Crippen molar-refractivity contribution < 1.29 is 38.1 Å². The SMILES string of the molecule is CCCCCCCCCCCCCCOc1c(CN(Cc2cc[n+](CCC)cc2)C(C)=O)cccc1C(C)(C)C.[I-]. The lowest BCUT2D eigenvalue weighted by Crippen LogP contribution is -3.00. The topological polar surface area (TPSA) is 33.4 Å². The monoisotopic (exact) mass is 678 g/mol. The van der Waals surface area contributed by atoms with E-state index in [0.29, 0.717) is 13.1 Å². The number of nitrogens with zero attached hydrogens (tertiary/aromatic N) is 2. The highest BCUT2D eigenvalue weighted by atomic mass is 127. The van der Waals surface area contributed by atoms with Crippen molar-refractivity contribution in [2.75, 3.05) is 6.61 Å². The van der Waals surface area contributed by atoms with Crippen molar-refractivity contribution in [3.63, 3.8) is 0 Å². The van der Waals surface area contributed by atoms with Crippen LogP contribution in [-0.2, 0) is 29.8 Å². The third-order valence-corrected chi connectivity index (χ3v) is 7.77. The molecule has 5 heteroatoms. The number of carbonyl (C=O) groups excluding carboxylic acids is 1. The van der Waals surface area contributed by atoms with Crippen molar-refractivity contribution in [2.45, 2.75) is 150 Å². The van der Waals surface area contributed by atoms with Crippen molar-refractivity contribution in [3.8, 4) is 5.75 Å². The van der Waals surface area contributed by atoms with Crippen LogP contribution >= 0.6 is 0 Å². The average molecular weight is 679 g/mol. The first kappa shape index (κ1) is 37.4. The average Bonchev–Trinajstić information content (AvgIpc) is 2.92. The van der Waals surface area contributed by atoms with Gasteiger partial charge >= 0.3 is 0 Å². The van der Waals surface area contributed by atoms with Crippen molar-refractivity contribution >= 4 is 5.91 Å². The number of unbranched alkanes of at least 4 members (excludes halogenated alkanes) is 11. The van der Waals surface area contributed by atoms with Crippen LogP contribution in [0.15, 0.2) is 42.7 Å². The van der Waals surface area contributed by atoms with Crippen LogP contribution in [0.4, 0.5) is 0 Å². The summed E-state index contributed by atoms with van der Waals surface area (Å²) in [5.41, 5.74) is 3.43. The summed E-state index contributed by atoms with van der Waals surface area (Å²) < 4.78 is 8.71. The highest BCUT2D eigenvalue weighted by Crippen LogP contribution is 2.35. The number of hydrogen-bond donors (Lipinski definition) is 0. The van der Waals surface area contributed by atoms with E-state index >= 15 is 0 Å². The normalized spacial score (nSPS) is 11.3. The highest BCUT2D eigenvalue weighted by Gasteiger charge is 2.23. The van der Waals surface area contributed by atoms with Gasteiger partial charge in [-0.25, -0.2) is 4.57 Å². The lowest BCUT2D eigenvalue weighted by molar-refractivity contribution is -0.697. The molecule has 41 heavy (non-hydrogen) atoms. The third-order valence-electron chi connectivity index (χ3n) is 7.77. The lowest BCUT2D eigenvalue weighted by Gasteiger charge is -2.27. The molecule has 0 saturated carbocycles. The second-order valence-corrected chi connectivity index (χ2v) is 12.6. The Balaban J connectivity index is 0.00000840. The molecule has 0 N–H and O–H groups in total. The van der Waals surface area contributed by atoms with Crippen molar-refractivity contribution in [3.05, 3.63) is 59.4 Å². The molecule has 0 aliphatic heterocycles. The minimum Gasteiger partial charge on any atom is -1.00 e. The molecule has 232 valence electrons. The molecule has 0 spiro atoms. The lowest BCUT2D eigenvalue weighted by atomic mass is 9.85. The molecule has 4 nitrogen and oxygen atoms in total. The molecule has 2 aromatic rings. The van der Waals surface area contributed by atoms with Crippen LogP contribution in [0.5, 0.6) is 5.75 Å². The van der Waals surface area contributed by atoms with E-state index in [1.165, 1.54) is 76.2 Å². The number of carbonyl (C=O) groups is 1. The number of rotatable bonds is 20. The first-order chi connectivity index (χ1) is 19.3. The Morgan fingerprint density at radius 2 is 1.34 bits per heavy atom. The number of amides is 1. The van der Waals surface area contributed by atoms with E-state index < -0.39 is 0 Å². The number of benzene rings is 1. The molecule has 1 amide bonds. The Kier molecular flexibility index (Phi) is 19.3. The van der Waals surface area contributed by atoms with Gasteiger partial charge in [0.15, 0.2) is 12.4 Å². The molecule has 1 aromatic carbocycles. The van der Waals surface area contributed by atoms with Gasteiger partial charge in [-0.05, 0) is 23.0 Å². The molecule has 0 aliphatic rings. The quantitative estimate of drug-likeness (QED) is 0.0935. The summed E-state index contributed by atoms with van der Waals surface area (Å²) in [6, 6.07) is 10.7. The molecular weight excluding hydrogens is 619 g/mol. The van der Waals surface area contributed by atoms with E-state index in [2.05, 4.69) is 81.9 Å². The minimum absolute atomic E-state index is 0. The van der Waals surface area contributed by atoms with E-state index in [9.17, 15) is 4.79 Å². The Morgan fingerprint density at radius 1 is 0.780 bits per heavy atom. The number of ether oxygens (including phenoxy) is 1. The Morgan fingerprint density at radius 3 is 1.85 bits per heavy atom. The van der Waals surface area contributed by atoms with E-state index in [0.717, 1.165) is 42.9 Å². The summed E-state index contributed by atoms with van der Waals surface area (Å²) in [5.74, 6) is 1.05. The number of pyridine rings is 1. The fourth-order valence-corrected chi connectivity index (χ4v) is 5.29. The van der Waals surface area contributed by atoms with Gasteiger partial charge in [-0.2, -0.15) is 0 Å². The standard InChI is InChI=1S/C36H59N2O2.HI/c1-7-9-10-11-12-13-14-15-16-17-18-19-28-40-35-33(21-20-22-34(35)36(4,5)6)30-38(31(3)39)29-32-23-26-37(25-8-2)27-24-32;/h20-24,26-27H,7-19,25,28-30H2,1-6H3;1H/q+1;/p-1. The van der Waals surface area contributed by atoms with Gasteiger partial charge in [-0.3, -0.25) is 4.79 Å². The zero-order valence-electron chi connectivity index (χ0n) is 27.2. The van der Waals surface area contributed by atoms with E-state index in [4.69, 9.17) is 4.74 Å². The summed E-state index contributed by atoms with van der Waals surface area (Å²) in [7, 11) is 0. The van der Waals surface area contributed by atoms with Crippen LogP contribution < -0.4 is 33.3 Å². The van der Waals surface area contributed by atoms with Crippen molar-refractivity contribution in [1.82, 2.24) is 4.90 Å². The fourth-order valence-electron chi connectivity index (χ4n) is 5.29. The molecule has 0 aliphatic carbocycles. The number of hydrogen-bond acceptors (Lipinski definition) is 2. The van der Waals surface area contributed by atoms with Crippen LogP contribution in [0.3, 0.4) is 0 Å². The molecule has 0 radical (unpaired) electrons. The molecule has 0 fully saturated rings. The molecule has 1 heterocycles. The van der Waals surface area contributed by atoms with Crippen LogP contribution in [0.1, 0.15) is 142 Å². The maximum absolute atomic E-state index is 12.7. The van der Waals surface area contributed by atoms with Crippen LogP contribution in [-0.4, -0.2) is 17.4 Å². The Bertz CT molecular complexity index is 969. The molecular formula is C36H59IN2O2. The van der Waals surface area contributed by atoms with Gasteiger partial charge in [0.05, 0.1) is 6.61 Å². The Hall–Kier alpha value is -1.63. The number of para-hydroxylation sites is 1. The van der Waals surface area contributed by atoms with E-state index in [1.54, 1.807) is 6.92 Å². The van der Waals surface area contributed by atoms with Gasteiger partial charge in [0.25, 0.3) is 0 Å². The van der Waals surface area contributed by atoms with Gasteiger partial charge in [0.2, 0.25) is 5.91 Å². The number of halogens is 1. The second kappa shape index (κ2) is 21.1. The van der Waals surface area contributed by atoms with Gasteiger partial charge in [0, 0.05) is 44.1 Å². The smallest absolute Gasteiger partial charge is 0.220 e. The number of aryl methyl sites for hydroxylation is 1. The second-order valence-electron chi connectivity index (χ2n) is 12.6. The van der Waals surface area contributed by atoms with Crippen LogP contribution in [0.25, 0.3) is 0 Å². The van der Waals surface area contributed by atoms with Crippen molar-refractivity contribution in [2.24, 2.45) is 0 Å². The maximum Gasteiger partial charge on any atom is 0.220 e. The first-order valence-electron chi connectivity index (χ1n) is 16.2. The summed E-state index contributed by atoms with van der Waals surface area (Å²) in [4.78, 5) is 14.6. The number of aromatic nitrogens is 1. The van der Waals surface area contributed by atoms with Gasteiger partial charge in [0.1, 0.15) is 12.3 Å². The van der Waals surface area contributed by atoms with Crippen LogP contribution in [0.2, 0.25) is 0 Å². The minimum atomic E-state index is -0.0325. The molecule has 0 bridgehead atoms. The summed E-state index contributed by atoms with van der Waals surface area (Å²) in [6.07, 6.45) is 21.4. The van der Waals surface area contributed by atoms with Gasteiger partial charge in [-0.1, -0.05) is 123 Å². The third kappa shape index (κ3) is 14.9. The molecule has 0 unspecified atom stereocenters. The Labute approximate surface area is 269 Å². The van der Waals surface area contributed by atoms with Crippen LogP contribution in [0, 0.1) is 0 Å². The maximum atomic E-state index is 12.7. The molecule has 0 atom stereocenters. The van der Waals surface area contributed by atoms with Gasteiger partial charge < -0.3 is 33.6 Å². The summed E-state index contributed by atoms with van der Waals surface area (Å²) in [6.45, 7) is 15.7. The summed E-state index contributed by atoms with van der Waals surface area (Å²) in [5, 5.41) is 0. The highest BCUT2D eigenvalue weighted by molar-refractivity contribution is 5.73. The largest absolute Gasteiger partial charge is 1.00 e. The first-order valence-corrected chi connectivity index (χ1v) is 16.2. The molecule has 2 rings (SSSR count). The zero-order chi connectivity index (χ0) is 29.2. The summed E-state index contributed by atoms with van der Waals surface area (Å²) >= 11 is 0. The molecule has 1 aromatic heterocycles. The van der Waals surface area contributed by atoms with Gasteiger partial charge in [-0.15, -0.1) is 0 Å². The van der Waals surface area contributed by atoms with E-state index in [-0.39, 0.29) is 35.3 Å². The predicted molar refractivity (Wildman–Crippen MR) is 169 cm³/mol. The van der Waals surface area contributed by atoms with Crippen molar-refractivity contribution in [1.29, 1.82) is 0 Å². The predicted octanol–water partition coefficient (Wildman–Crippen LogP) is 6.31. The zero-order valence-corrected chi connectivity index (χ0v) is 29.3. The molecule has 0 saturated heterocycles. The fraction of sp³-hybridized carbons (Fsp3) is 0.667.